The van der Waals surface area contributed by atoms with E-state index in [1.54, 1.807) is 24.8 Å². The molecule has 0 amide bonds. The molecule has 3 N–H and O–H groups in total. The van der Waals surface area contributed by atoms with E-state index in [0.717, 1.165) is 10.6 Å². The minimum Gasteiger partial charge on any atom is -0.271 e. The molecule has 0 aliphatic carbocycles. The van der Waals surface area contributed by atoms with Crippen molar-refractivity contribution in [3.8, 4) is 11.8 Å². The van der Waals surface area contributed by atoms with Crippen LogP contribution in [0.15, 0.2) is 29.2 Å². The molecule has 1 aromatic carbocycles. The summed E-state index contributed by atoms with van der Waals surface area (Å²) in [4.78, 5) is 0.907. The van der Waals surface area contributed by atoms with Gasteiger partial charge in [0.05, 0.1) is 0 Å². The first-order chi connectivity index (χ1) is 7.76. The normalized spacial score (nSPS) is 11.7. The summed E-state index contributed by atoms with van der Waals surface area (Å²) in [6.45, 7) is 1.80. The second-order valence-corrected chi connectivity index (χ2v) is 4.36. The van der Waals surface area contributed by atoms with E-state index in [0.29, 0.717) is 6.42 Å². The fourth-order valence-corrected chi connectivity index (χ4v) is 2.12. The number of hydrazine groups is 1. The van der Waals surface area contributed by atoms with Crippen molar-refractivity contribution in [3.63, 3.8) is 0 Å². The maximum absolute atomic E-state index is 12.9. The van der Waals surface area contributed by atoms with Gasteiger partial charge in [0.15, 0.2) is 0 Å². The predicted molar refractivity (Wildman–Crippen MR) is 66.3 cm³/mol. The second-order valence-electron chi connectivity index (χ2n) is 3.26. The van der Waals surface area contributed by atoms with Crippen LogP contribution in [0.1, 0.15) is 13.3 Å². The number of nitrogens with one attached hydrogen (secondary N) is 1. The number of hydrogen-bond acceptors (Lipinski definition) is 3. The molecule has 0 spiro atoms. The van der Waals surface area contributed by atoms with Crippen LogP contribution in [0.5, 0.6) is 0 Å². The van der Waals surface area contributed by atoms with Gasteiger partial charge in [0.25, 0.3) is 0 Å². The third kappa shape index (κ3) is 4.67. The Balaban J connectivity index is 2.45. The highest BCUT2D eigenvalue weighted by atomic mass is 32.2. The standard InChI is InChI=1S/C12H15FN2S/c1-2-3-6-11(15-14)9-16-12-7-4-5-10(13)8-12/h4-5,7-8,11,15H,6,9,14H2,1H3. The maximum Gasteiger partial charge on any atom is 0.124 e. The van der Waals surface area contributed by atoms with Gasteiger partial charge in [-0.2, -0.15) is 0 Å². The summed E-state index contributed by atoms with van der Waals surface area (Å²) < 4.78 is 12.9. The highest BCUT2D eigenvalue weighted by molar-refractivity contribution is 7.99. The highest BCUT2D eigenvalue weighted by Gasteiger charge is 2.05. The minimum atomic E-state index is -0.212. The molecule has 0 fully saturated rings. The molecular formula is C12H15FN2S. The van der Waals surface area contributed by atoms with Crippen molar-refractivity contribution in [1.29, 1.82) is 0 Å². The Hall–Kier alpha value is -1.02. The molecule has 86 valence electrons. The summed E-state index contributed by atoms with van der Waals surface area (Å²) in [5.74, 6) is 11.8. The van der Waals surface area contributed by atoms with Gasteiger partial charge in [-0.05, 0) is 25.1 Å². The maximum atomic E-state index is 12.9. The van der Waals surface area contributed by atoms with Crippen molar-refractivity contribution in [3.05, 3.63) is 30.1 Å². The molecule has 0 radical (unpaired) electrons. The van der Waals surface area contributed by atoms with Crippen LogP contribution in [-0.4, -0.2) is 11.8 Å². The van der Waals surface area contributed by atoms with Crippen LogP contribution in [0.3, 0.4) is 0 Å². The van der Waals surface area contributed by atoms with Gasteiger partial charge in [0, 0.05) is 23.1 Å². The number of halogens is 1. The Morgan fingerprint density at radius 2 is 2.38 bits per heavy atom. The monoisotopic (exact) mass is 238 g/mol. The van der Waals surface area contributed by atoms with Crippen LogP contribution in [0.4, 0.5) is 4.39 Å². The molecule has 1 unspecified atom stereocenters. The first-order valence-electron chi connectivity index (χ1n) is 5.00. The number of hydrogen-bond donors (Lipinski definition) is 2. The molecule has 0 aliphatic rings. The Kier molecular flexibility index (Phi) is 5.94. The third-order valence-corrected chi connectivity index (χ3v) is 3.16. The molecular weight excluding hydrogens is 223 g/mol. The molecule has 0 aliphatic heterocycles. The van der Waals surface area contributed by atoms with Crippen LogP contribution in [0, 0.1) is 17.7 Å². The lowest BCUT2D eigenvalue weighted by atomic mass is 10.2. The summed E-state index contributed by atoms with van der Waals surface area (Å²) in [6.07, 6.45) is 0.704. The topological polar surface area (TPSA) is 38.0 Å². The Bertz CT molecular complexity index is 384. The van der Waals surface area contributed by atoms with Crippen LogP contribution in [0.25, 0.3) is 0 Å². The average Bonchev–Trinajstić information content (AvgIpc) is 2.29. The highest BCUT2D eigenvalue weighted by Crippen LogP contribution is 2.19. The fraction of sp³-hybridized carbons (Fsp3) is 0.333. The lowest BCUT2D eigenvalue weighted by molar-refractivity contribution is 0.591. The third-order valence-electron chi connectivity index (χ3n) is 2.01. The molecule has 1 atom stereocenters. The van der Waals surface area contributed by atoms with Crippen molar-refractivity contribution in [1.82, 2.24) is 5.43 Å². The Labute approximate surface area is 99.8 Å². The van der Waals surface area contributed by atoms with Crippen LogP contribution >= 0.6 is 11.8 Å². The van der Waals surface area contributed by atoms with E-state index in [-0.39, 0.29) is 11.9 Å². The van der Waals surface area contributed by atoms with Gasteiger partial charge in [-0.15, -0.1) is 23.6 Å². The van der Waals surface area contributed by atoms with E-state index in [4.69, 9.17) is 5.84 Å². The summed E-state index contributed by atoms with van der Waals surface area (Å²) >= 11 is 1.57. The van der Waals surface area contributed by atoms with E-state index in [9.17, 15) is 4.39 Å². The van der Waals surface area contributed by atoms with Gasteiger partial charge in [-0.1, -0.05) is 6.07 Å². The van der Waals surface area contributed by atoms with Crippen LogP contribution < -0.4 is 11.3 Å². The molecule has 0 saturated heterocycles. The Morgan fingerprint density at radius 1 is 1.56 bits per heavy atom. The number of nitrogens with two attached hydrogens (primary N) is 1. The zero-order valence-electron chi connectivity index (χ0n) is 9.16. The zero-order valence-corrected chi connectivity index (χ0v) is 9.98. The van der Waals surface area contributed by atoms with Crippen molar-refractivity contribution >= 4 is 11.8 Å². The molecule has 16 heavy (non-hydrogen) atoms. The fourth-order valence-electron chi connectivity index (χ4n) is 1.14. The van der Waals surface area contributed by atoms with Crippen LogP contribution in [0.2, 0.25) is 0 Å². The van der Waals surface area contributed by atoms with Crippen molar-refractivity contribution in [2.45, 2.75) is 24.3 Å². The van der Waals surface area contributed by atoms with E-state index >= 15 is 0 Å². The van der Waals surface area contributed by atoms with Gasteiger partial charge in [0.2, 0.25) is 0 Å². The smallest absolute Gasteiger partial charge is 0.124 e. The molecule has 2 nitrogen and oxygen atoms in total. The molecule has 0 aromatic heterocycles. The van der Waals surface area contributed by atoms with Gasteiger partial charge >= 0.3 is 0 Å². The summed E-state index contributed by atoms with van der Waals surface area (Å²) in [5, 5.41) is 0. The number of thioether (sulfide) groups is 1. The van der Waals surface area contributed by atoms with E-state index in [2.05, 4.69) is 17.3 Å². The van der Waals surface area contributed by atoms with E-state index in [1.165, 1.54) is 12.1 Å². The molecule has 0 saturated carbocycles. The number of benzene rings is 1. The molecule has 1 rings (SSSR count). The first-order valence-corrected chi connectivity index (χ1v) is 5.99. The largest absolute Gasteiger partial charge is 0.271 e. The van der Waals surface area contributed by atoms with E-state index in [1.807, 2.05) is 6.07 Å². The lowest BCUT2D eigenvalue weighted by Gasteiger charge is -2.12. The SMILES string of the molecule is CC#CCC(CSc1cccc(F)c1)NN. The van der Waals surface area contributed by atoms with Crippen molar-refractivity contribution in [2.24, 2.45) is 5.84 Å². The number of rotatable bonds is 5. The van der Waals surface area contributed by atoms with Gasteiger partial charge in [-0.3, -0.25) is 11.3 Å². The first kappa shape index (κ1) is 13.0. The quantitative estimate of drug-likeness (QED) is 0.357. The second kappa shape index (κ2) is 7.29. The Morgan fingerprint density at radius 3 is 3.00 bits per heavy atom. The van der Waals surface area contributed by atoms with Gasteiger partial charge in [-0.25, -0.2) is 4.39 Å². The predicted octanol–water partition coefficient (Wildman–Crippen LogP) is 2.16. The summed E-state index contributed by atoms with van der Waals surface area (Å²) in [7, 11) is 0. The average molecular weight is 238 g/mol. The zero-order chi connectivity index (χ0) is 11.8. The molecule has 4 heteroatoms. The van der Waals surface area contributed by atoms with E-state index < -0.39 is 0 Å². The van der Waals surface area contributed by atoms with Crippen molar-refractivity contribution < 1.29 is 4.39 Å². The molecule has 1 aromatic rings. The minimum absolute atomic E-state index is 0.126. The summed E-state index contributed by atoms with van der Waals surface area (Å²) in [5.41, 5.74) is 2.70. The van der Waals surface area contributed by atoms with Crippen LogP contribution in [-0.2, 0) is 0 Å². The summed E-state index contributed by atoms with van der Waals surface area (Å²) in [6, 6.07) is 6.66. The van der Waals surface area contributed by atoms with Gasteiger partial charge < -0.3 is 0 Å². The lowest BCUT2D eigenvalue weighted by Crippen LogP contribution is -2.36. The van der Waals surface area contributed by atoms with Gasteiger partial charge in [0.1, 0.15) is 5.82 Å². The molecule has 0 bridgehead atoms. The van der Waals surface area contributed by atoms with Crippen molar-refractivity contribution in [2.75, 3.05) is 5.75 Å². The molecule has 0 heterocycles.